The van der Waals surface area contributed by atoms with Crippen LogP contribution in [0.2, 0.25) is 0 Å². The Morgan fingerprint density at radius 1 is 1.29 bits per heavy atom. The molecule has 94 valence electrons. The van der Waals surface area contributed by atoms with Crippen molar-refractivity contribution in [2.45, 2.75) is 19.7 Å². The SMILES string of the molecule is CCN1CCN(c2ncc(CCl)c(C)n2)CC1. The number of aromatic nitrogens is 2. The number of piperazine rings is 1. The van der Waals surface area contributed by atoms with Crippen LogP contribution in [0.4, 0.5) is 5.95 Å². The van der Waals surface area contributed by atoms with Gasteiger partial charge in [0.15, 0.2) is 0 Å². The standard InChI is InChI=1S/C12H19ClN4/c1-3-16-4-6-17(7-5-16)12-14-9-11(8-13)10(2)15-12/h9H,3-8H2,1-2H3. The van der Waals surface area contributed by atoms with Gasteiger partial charge in [0.2, 0.25) is 5.95 Å². The number of alkyl halides is 1. The summed E-state index contributed by atoms with van der Waals surface area (Å²) in [6.45, 7) is 9.52. The molecule has 0 atom stereocenters. The van der Waals surface area contributed by atoms with Crippen LogP contribution in [-0.4, -0.2) is 47.6 Å². The van der Waals surface area contributed by atoms with E-state index in [0.29, 0.717) is 5.88 Å². The summed E-state index contributed by atoms with van der Waals surface area (Å²) in [4.78, 5) is 13.6. The highest BCUT2D eigenvalue weighted by Gasteiger charge is 2.18. The van der Waals surface area contributed by atoms with E-state index in [0.717, 1.165) is 49.9 Å². The van der Waals surface area contributed by atoms with E-state index in [1.807, 2.05) is 13.1 Å². The summed E-state index contributed by atoms with van der Waals surface area (Å²) in [6.07, 6.45) is 1.84. The Kier molecular flexibility index (Phi) is 4.18. The van der Waals surface area contributed by atoms with Gasteiger partial charge in [0, 0.05) is 43.6 Å². The van der Waals surface area contributed by atoms with E-state index in [-0.39, 0.29) is 0 Å². The van der Waals surface area contributed by atoms with Crippen LogP contribution in [0.5, 0.6) is 0 Å². The molecule has 0 saturated carbocycles. The number of hydrogen-bond acceptors (Lipinski definition) is 4. The van der Waals surface area contributed by atoms with Crippen molar-refractivity contribution in [3.63, 3.8) is 0 Å². The Morgan fingerprint density at radius 2 is 2.00 bits per heavy atom. The van der Waals surface area contributed by atoms with Crippen LogP contribution in [-0.2, 0) is 5.88 Å². The Hall–Kier alpha value is -0.870. The number of nitrogens with zero attached hydrogens (tertiary/aromatic N) is 4. The number of halogens is 1. The van der Waals surface area contributed by atoms with Gasteiger partial charge in [-0.1, -0.05) is 6.92 Å². The van der Waals surface area contributed by atoms with Gasteiger partial charge in [-0.05, 0) is 13.5 Å². The molecular weight excluding hydrogens is 236 g/mol. The summed E-state index contributed by atoms with van der Waals surface area (Å²) in [5.74, 6) is 1.32. The zero-order valence-electron chi connectivity index (χ0n) is 10.5. The van der Waals surface area contributed by atoms with Crippen LogP contribution in [0, 0.1) is 6.92 Å². The van der Waals surface area contributed by atoms with Crippen molar-refractivity contribution < 1.29 is 0 Å². The van der Waals surface area contributed by atoms with Crippen LogP contribution in [0.3, 0.4) is 0 Å². The van der Waals surface area contributed by atoms with Crippen molar-refractivity contribution in [3.8, 4) is 0 Å². The lowest BCUT2D eigenvalue weighted by molar-refractivity contribution is 0.270. The van der Waals surface area contributed by atoms with Gasteiger partial charge in [0.05, 0.1) is 5.88 Å². The predicted molar refractivity (Wildman–Crippen MR) is 70.7 cm³/mol. The second-order valence-corrected chi connectivity index (χ2v) is 4.60. The Bertz CT molecular complexity index is 375. The van der Waals surface area contributed by atoms with Crippen molar-refractivity contribution in [1.29, 1.82) is 0 Å². The summed E-state index contributed by atoms with van der Waals surface area (Å²) in [6, 6.07) is 0. The minimum atomic E-state index is 0.482. The summed E-state index contributed by atoms with van der Waals surface area (Å²) < 4.78 is 0. The molecule has 2 heterocycles. The fourth-order valence-electron chi connectivity index (χ4n) is 2.03. The average molecular weight is 255 g/mol. The molecule has 1 aliphatic rings. The first-order valence-electron chi connectivity index (χ1n) is 6.10. The molecule has 1 aliphatic heterocycles. The van der Waals surface area contributed by atoms with Gasteiger partial charge >= 0.3 is 0 Å². The number of anilines is 1. The van der Waals surface area contributed by atoms with Crippen molar-refractivity contribution >= 4 is 17.5 Å². The summed E-state index contributed by atoms with van der Waals surface area (Å²) in [5, 5.41) is 0. The highest BCUT2D eigenvalue weighted by Crippen LogP contribution is 2.14. The van der Waals surface area contributed by atoms with E-state index < -0.39 is 0 Å². The Morgan fingerprint density at radius 3 is 2.53 bits per heavy atom. The topological polar surface area (TPSA) is 32.3 Å². The summed E-state index contributed by atoms with van der Waals surface area (Å²) in [5.41, 5.74) is 2.01. The lowest BCUT2D eigenvalue weighted by Gasteiger charge is -2.34. The molecule has 2 rings (SSSR count). The summed E-state index contributed by atoms with van der Waals surface area (Å²) >= 11 is 5.81. The highest BCUT2D eigenvalue weighted by molar-refractivity contribution is 6.17. The minimum Gasteiger partial charge on any atom is -0.338 e. The van der Waals surface area contributed by atoms with Crippen LogP contribution < -0.4 is 4.90 Å². The van der Waals surface area contributed by atoms with E-state index >= 15 is 0 Å². The minimum absolute atomic E-state index is 0.482. The second-order valence-electron chi connectivity index (χ2n) is 4.34. The molecule has 0 spiro atoms. The molecule has 1 aromatic heterocycles. The Labute approximate surface area is 108 Å². The van der Waals surface area contributed by atoms with Gasteiger partial charge in [0.25, 0.3) is 0 Å². The lowest BCUT2D eigenvalue weighted by atomic mass is 10.3. The van der Waals surface area contributed by atoms with Gasteiger partial charge in [-0.3, -0.25) is 0 Å². The van der Waals surface area contributed by atoms with Gasteiger partial charge in [-0.25, -0.2) is 9.97 Å². The molecule has 0 amide bonds. The molecule has 0 aromatic carbocycles. The molecule has 1 fully saturated rings. The van der Waals surface area contributed by atoms with Crippen molar-refractivity contribution in [2.24, 2.45) is 0 Å². The molecule has 1 aromatic rings. The third-order valence-electron chi connectivity index (χ3n) is 3.31. The lowest BCUT2D eigenvalue weighted by Crippen LogP contribution is -2.46. The maximum atomic E-state index is 5.81. The molecule has 0 bridgehead atoms. The molecule has 5 heteroatoms. The second kappa shape index (κ2) is 5.65. The van der Waals surface area contributed by atoms with Gasteiger partial charge in [0.1, 0.15) is 0 Å². The van der Waals surface area contributed by atoms with Crippen LogP contribution in [0.25, 0.3) is 0 Å². The van der Waals surface area contributed by atoms with E-state index in [1.54, 1.807) is 0 Å². The van der Waals surface area contributed by atoms with Crippen molar-refractivity contribution in [3.05, 3.63) is 17.5 Å². The third kappa shape index (κ3) is 2.87. The number of rotatable bonds is 3. The first-order chi connectivity index (χ1) is 8.24. The molecule has 1 saturated heterocycles. The number of hydrogen-bond donors (Lipinski definition) is 0. The molecule has 0 N–H and O–H groups in total. The molecule has 4 nitrogen and oxygen atoms in total. The van der Waals surface area contributed by atoms with Crippen LogP contribution in [0.15, 0.2) is 6.20 Å². The van der Waals surface area contributed by atoms with Gasteiger partial charge < -0.3 is 9.80 Å². The largest absolute Gasteiger partial charge is 0.338 e. The van der Waals surface area contributed by atoms with E-state index in [4.69, 9.17) is 11.6 Å². The van der Waals surface area contributed by atoms with E-state index in [9.17, 15) is 0 Å². The zero-order chi connectivity index (χ0) is 12.3. The fraction of sp³-hybridized carbons (Fsp3) is 0.667. The van der Waals surface area contributed by atoms with Crippen molar-refractivity contribution in [2.75, 3.05) is 37.6 Å². The normalized spacial score (nSPS) is 17.5. The summed E-state index contributed by atoms with van der Waals surface area (Å²) in [7, 11) is 0. The molecule has 0 aliphatic carbocycles. The highest BCUT2D eigenvalue weighted by atomic mass is 35.5. The molecule has 17 heavy (non-hydrogen) atoms. The van der Waals surface area contributed by atoms with Crippen molar-refractivity contribution in [1.82, 2.24) is 14.9 Å². The average Bonchev–Trinajstić information content (AvgIpc) is 2.39. The molecular formula is C12H19ClN4. The maximum Gasteiger partial charge on any atom is 0.225 e. The maximum absolute atomic E-state index is 5.81. The van der Waals surface area contributed by atoms with E-state index in [2.05, 4.69) is 26.7 Å². The van der Waals surface area contributed by atoms with Crippen LogP contribution >= 0.6 is 11.6 Å². The third-order valence-corrected chi connectivity index (χ3v) is 3.60. The number of aryl methyl sites for hydroxylation is 1. The zero-order valence-corrected chi connectivity index (χ0v) is 11.2. The number of likely N-dealkylation sites (N-methyl/N-ethyl adjacent to an activating group) is 1. The van der Waals surface area contributed by atoms with Gasteiger partial charge in [-0.15, -0.1) is 11.6 Å². The quantitative estimate of drug-likeness (QED) is 0.768. The van der Waals surface area contributed by atoms with E-state index in [1.165, 1.54) is 0 Å². The monoisotopic (exact) mass is 254 g/mol. The molecule has 0 unspecified atom stereocenters. The van der Waals surface area contributed by atoms with Crippen LogP contribution in [0.1, 0.15) is 18.2 Å². The predicted octanol–water partition coefficient (Wildman–Crippen LogP) is 1.67. The first-order valence-corrected chi connectivity index (χ1v) is 6.63. The smallest absolute Gasteiger partial charge is 0.225 e. The first kappa shape index (κ1) is 12.6. The van der Waals surface area contributed by atoms with Gasteiger partial charge in [-0.2, -0.15) is 0 Å². The Balaban J connectivity index is 2.06. The fourth-order valence-corrected chi connectivity index (χ4v) is 2.29. The molecule has 0 radical (unpaired) electrons.